The molecule has 0 radical (unpaired) electrons. The van der Waals surface area contributed by atoms with Gasteiger partial charge >= 0.3 is 6.09 Å². The minimum absolute atomic E-state index is 0.448. The van der Waals surface area contributed by atoms with E-state index in [0.717, 1.165) is 0 Å². The van der Waals surface area contributed by atoms with Crippen molar-refractivity contribution in [1.82, 2.24) is 0 Å². The van der Waals surface area contributed by atoms with Gasteiger partial charge < -0.3 is 15.2 Å². The van der Waals surface area contributed by atoms with Crippen molar-refractivity contribution in [3.05, 3.63) is 33.8 Å². The van der Waals surface area contributed by atoms with Crippen molar-refractivity contribution in [2.45, 2.75) is 19.1 Å². The minimum Gasteiger partial charge on any atom is -0.444 e. The highest BCUT2D eigenvalue weighted by atomic mass is 35.5. The van der Waals surface area contributed by atoms with Crippen LogP contribution in [-0.2, 0) is 9.47 Å². The number of amides is 1. The number of carbonyl (C=O) groups excluding carboxylic acids is 1. The monoisotopic (exact) mass is 277 g/mol. The summed E-state index contributed by atoms with van der Waals surface area (Å²) in [5.74, 6) is 0. The lowest BCUT2D eigenvalue weighted by Gasteiger charge is -2.24. The van der Waals surface area contributed by atoms with E-state index in [1.54, 1.807) is 25.1 Å². The molecule has 0 fully saturated rings. The van der Waals surface area contributed by atoms with E-state index in [2.05, 4.69) is 0 Å². The summed E-state index contributed by atoms with van der Waals surface area (Å²) < 4.78 is 10.1. The Hall–Kier alpha value is -0.970. The molecule has 2 N–H and O–H groups in total. The van der Waals surface area contributed by atoms with Crippen LogP contribution in [0.3, 0.4) is 0 Å². The second kappa shape index (κ2) is 6.10. The van der Waals surface area contributed by atoms with Crippen molar-refractivity contribution in [1.29, 1.82) is 0 Å². The van der Waals surface area contributed by atoms with Gasteiger partial charge in [-0.3, -0.25) is 0 Å². The Kier molecular flexibility index (Phi) is 5.05. The van der Waals surface area contributed by atoms with Gasteiger partial charge in [0.25, 0.3) is 0 Å². The number of methoxy groups -OCH3 is 1. The number of primary amides is 1. The fourth-order valence-corrected chi connectivity index (χ4v) is 2.18. The van der Waals surface area contributed by atoms with Crippen LogP contribution in [0.15, 0.2) is 18.2 Å². The van der Waals surface area contributed by atoms with E-state index in [1.165, 1.54) is 7.11 Å². The average Bonchev–Trinajstić information content (AvgIpc) is 2.22. The Morgan fingerprint density at radius 2 is 1.88 bits per heavy atom. The van der Waals surface area contributed by atoms with Crippen LogP contribution in [0.5, 0.6) is 0 Å². The lowest BCUT2D eigenvalue weighted by molar-refractivity contribution is -0.0120. The van der Waals surface area contributed by atoms with Gasteiger partial charge in [0.05, 0.1) is 0 Å². The normalized spacial score (nSPS) is 14.1. The molecule has 0 aliphatic heterocycles. The summed E-state index contributed by atoms with van der Waals surface area (Å²) in [5.41, 5.74) is 5.53. The molecule has 0 spiro atoms. The molecule has 6 heteroatoms. The molecule has 4 nitrogen and oxygen atoms in total. The minimum atomic E-state index is -0.872. The van der Waals surface area contributed by atoms with E-state index >= 15 is 0 Å². The quantitative estimate of drug-likeness (QED) is 0.920. The van der Waals surface area contributed by atoms with Crippen molar-refractivity contribution in [3.63, 3.8) is 0 Å². The molecule has 1 aromatic carbocycles. The van der Waals surface area contributed by atoms with Crippen LogP contribution in [-0.4, -0.2) is 19.3 Å². The van der Waals surface area contributed by atoms with E-state index < -0.39 is 18.3 Å². The smallest absolute Gasteiger partial charge is 0.404 e. The summed E-state index contributed by atoms with van der Waals surface area (Å²) in [7, 11) is 1.48. The first kappa shape index (κ1) is 14.1. The van der Waals surface area contributed by atoms with Crippen molar-refractivity contribution in [2.75, 3.05) is 7.11 Å². The molecule has 1 amide bonds. The number of halogens is 2. The molecule has 0 unspecified atom stereocenters. The predicted molar refractivity (Wildman–Crippen MR) is 66.3 cm³/mol. The molecule has 1 aromatic rings. The van der Waals surface area contributed by atoms with Gasteiger partial charge in [-0.15, -0.1) is 0 Å². The maximum Gasteiger partial charge on any atom is 0.404 e. The maximum atomic E-state index is 10.7. The molecule has 94 valence electrons. The number of hydrogen-bond donors (Lipinski definition) is 1. The van der Waals surface area contributed by atoms with Crippen LogP contribution < -0.4 is 5.73 Å². The van der Waals surface area contributed by atoms with E-state index in [4.69, 9.17) is 38.4 Å². The zero-order valence-corrected chi connectivity index (χ0v) is 11.0. The molecule has 0 bridgehead atoms. The third-order valence-corrected chi connectivity index (χ3v) is 2.93. The van der Waals surface area contributed by atoms with Gasteiger partial charge in [0, 0.05) is 22.7 Å². The van der Waals surface area contributed by atoms with E-state index in [-0.39, 0.29) is 0 Å². The summed E-state index contributed by atoms with van der Waals surface area (Å²) in [6.07, 6.45) is -2.03. The molecule has 0 aliphatic rings. The highest BCUT2D eigenvalue weighted by molar-refractivity contribution is 6.36. The molecule has 2 atom stereocenters. The first-order valence-corrected chi connectivity index (χ1v) is 5.65. The van der Waals surface area contributed by atoms with Crippen LogP contribution in [0.1, 0.15) is 18.6 Å². The molecule has 0 heterocycles. The van der Waals surface area contributed by atoms with Crippen LogP contribution in [0.25, 0.3) is 0 Å². The van der Waals surface area contributed by atoms with E-state index in [1.807, 2.05) is 0 Å². The lowest BCUT2D eigenvalue weighted by Crippen LogP contribution is -2.27. The fourth-order valence-electron chi connectivity index (χ4n) is 1.57. The number of carbonyl (C=O) groups is 1. The molecule has 0 saturated heterocycles. The van der Waals surface area contributed by atoms with Gasteiger partial charge in [0.2, 0.25) is 0 Å². The largest absolute Gasteiger partial charge is 0.444 e. The molecule has 0 aliphatic carbocycles. The predicted octanol–water partition coefficient (Wildman–Crippen LogP) is 3.16. The first-order chi connectivity index (χ1) is 7.97. The topological polar surface area (TPSA) is 61.6 Å². The average molecular weight is 278 g/mol. The summed E-state index contributed by atoms with van der Waals surface area (Å²) in [6, 6.07) is 5.10. The standard InChI is InChI=1S/C11H13Cl2NO3/c1-6(17-11(14)15)10(16-2)9-7(12)4-3-5-8(9)13/h3-6,10H,1-2H3,(H2,14,15)/t6-,10+/m0/s1. The Bertz CT molecular complexity index is 391. The van der Waals surface area contributed by atoms with Gasteiger partial charge in [0.15, 0.2) is 0 Å². The fraction of sp³-hybridized carbons (Fsp3) is 0.364. The second-order valence-corrected chi connectivity index (χ2v) is 4.25. The van der Waals surface area contributed by atoms with Crippen molar-refractivity contribution in [3.8, 4) is 0 Å². The summed E-state index contributed by atoms with van der Waals surface area (Å²) in [6.45, 7) is 1.65. The Labute approximate surface area is 110 Å². The molecular formula is C11H13Cl2NO3. The highest BCUT2D eigenvalue weighted by Gasteiger charge is 2.26. The Balaban J connectivity index is 3.05. The number of nitrogens with two attached hydrogens (primary N) is 1. The maximum absolute atomic E-state index is 10.7. The molecule has 17 heavy (non-hydrogen) atoms. The number of hydrogen-bond acceptors (Lipinski definition) is 3. The molecular weight excluding hydrogens is 265 g/mol. The first-order valence-electron chi connectivity index (χ1n) is 4.90. The zero-order valence-electron chi connectivity index (χ0n) is 9.44. The van der Waals surface area contributed by atoms with Crippen LogP contribution in [0.4, 0.5) is 4.79 Å². The number of ether oxygens (including phenoxy) is 2. The van der Waals surface area contributed by atoms with Gasteiger partial charge in [0.1, 0.15) is 12.2 Å². The number of rotatable bonds is 4. The van der Waals surface area contributed by atoms with E-state index in [0.29, 0.717) is 15.6 Å². The third-order valence-electron chi connectivity index (χ3n) is 2.27. The Morgan fingerprint density at radius 3 is 2.29 bits per heavy atom. The molecule has 1 rings (SSSR count). The second-order valence-electron chi connectivity index (χ2n) is 3.43. The van der Waals surface area contributed by atoms with Gasteiger partial charge in [-0.1, -0.05) is 29.3 Å². The SMILES string of the molecule is CO[C@@H](c1c(Cl)cccc1Cl)[C@H](C)OC(N)=O. The molecule has 0 saturated carbocycles. The molecule has 0 aromatic heterocycles. The van der Waals surface area contributed by atoms with Gasteiger partial charge in [-0.25, -0.2) is 4.79 Å². The third kappa shape index (κ3) is 3.49. The Morgan fingerprint density at radius 1 is 1.35 bits per heavy atom. The van der Waals surface area contributed by atoms with Gasteiger partial charge in [-0.05, 0) is 19.1 Å². The van der Waals surface area contributed by atoms with Crippen molar-refractivity contribution in [2.24, 2.45) is 5.73 Å². The van der Waals surface area contributed by atoms with Crippen LogP contribution >= 0.6 is 23.2 Å². The summed E-state index contributed by atoms with van der Waals surface area (Å²) in [5, 5.41) is 0.897. The number of benzene rings is 1. The summed E-state index contributed by atoms with van der Waals surface area (Å²) >= 11 is 12.1. The highest BCUT2D eigenvalue weighted by Crippen LogP contribution is 2.34. The lowest BCUT2D eigenvalue weighted by atomic mass is 10.0. The zero-order chi connectivity index (χ0) is 13.0. The van der Waals surface area contributed by atoms with Crippen LogP contribution in [0, 0.1) is 0 Å². The summed E-state index contributed by atoms with van der Waals surface area (Å²) in [4.78, 5) is 10.7. The van der Waals surface area contributed by atoms with Crippen LogP contribution in [0.2, 0.25) is 10.0 Å². The van der Waals surface area contributed by atoms with Gasteiger partial charge in [-0.2, -0.15) is 0 Å². The van der Waals surface area contributed by atoms with Crippen molar-refractivity contribution < 1.29 is 14.3 Å². The van der Waals surface area contributed by atoms with Crippen molar-refractivity contribution >= 4 is 29.3 Å². The van der Waals surface area contributed by atoms with E-state index in [9.17, 15) is 4.79 Å².